The van der Waals surface area contributed by atoms with E-state index in [9.17, 15) is 9.18 Å². The molecule has 1 amide bonds. The minimum Gasteiger partial charge on any atom is -0.411 e. The summed E-state index contributed by atoms with van der Waals surface area (Å²) in [4.78, 5) is 12.2. The van der Waals surface area contributed by atoms with Crippen LogP contribution >= 0.6 is 23.4 Å². The van der Waals surface area contributed by atoms with E-state index in [1.807, 2.05) is 0 Å². The number of nitrogens with zero attached hydrogens (tertiary/aromatic N) is 2. The van der Waals surface area contributed by atoms with Crippen LogP contribution in [0.3, 0.4) is 0 Å². The molecular formula is C17H13ClFN3O2S. The van der Waals surface area contributed by atoms with Gasteiger partial charge in [0, 0.05) is 10.7 Å². The molecule has 1 heterocycles. The van der Waals surface area contributed by atoms with Crippen LogP contribution in [0.1, 0.15) is 6.92 Å². The van der Waals surface area contributed by atoms with Crippen molar-refractivity contribution in [1.82, 2.24) is 10.2 Å². The van der Waals surface area contributed by atoms with Gasteiger partial charge >= 0.3 is 0 Å². The summed E-state index contributed by atoms with van der Waals surface area (Å²) in [6, 6.07) is 13.0. The monoisotopic (exact) mass is 377 g/mol. The molecule has 0 aliphatic rings. The molecule has 8 heteroatoms. The summed E-state index contributed by atoms with van der Waals surface area (Å²) in [7, 11) is 0. The van der Waals surface area contributed by atoms with Gasteiger partial charge in [0.15, 0.2) is 0 Å². The maximum Gasteiger partial charge on any atom is 0.277 e. The number of thioether (sulfide) groups is 1. The molecule has 0 saturated carbocycles. The van der Waals surface area contributed by atoms with Crippen LogP contribution in [-0.2, 0) is 4.79 Å². The van der Waals surface area contributed by atoms with E-state index in [4.69, 9.17) is 16.0 Å². The van der Waals surface area contributed by atoms with Crippen LogP contribution in [0.5, 0.6) is 0 Å². The number of nitrogens with one attached hydrogen (secondary N) is 1. The van der Waals surface area contributed by atoms with Gasteiger partial charge in [-0.2, -0.15) is 0 Å². The lowest BCUT2D eigenvalue weighted by atomic mass is 10.2. The first-order valence-corrected chi connectivity index (χ1v) is 8.60. The van der Waals surface area contributed by atoms with Crippen molar-refractivity contribution in [3.63, 3.8) is 0 Å². The van der Waals surface area contributed by atoms with Crippen LogP contribution in [0.15, 0.2) is 58.2 Å². The van der Waals surface area contributed by atoms with E-state index in [1.54, 1.807) is 49.4 Å². The normalized spacial score (nSPS) is 12.0. The van der Waals surface area contributed by atoms with Gasteiger partial charge in [-0.3, -0.25) is 4.79 Å². The summed E-state index contributed by atoms with van der Waals surface area (Å²) >= 11 is 6.98. The van der Waals surface area contributed by atoms with Gasteiger partial charge in [-0.15, -0.1) is 10.2 Å². The fraction of sp³-hybridized carbons (Fsp3) is 0.118. The molecule has 0 radical (unpaired) electrons. The second-order valence-corrected chi connectivity index (χ2v) is 6.84. The summed E-state index contributed by atoms with van der Waals surface area (Å²) in [6.07, 6.45) is 0. The van der Waals surface area contributed by atoms with Gasteiger partial charge in [0.25, 0.3) is 11.1 Å². The molecule has 1 atom stereocenters. The van der Waals surface area contributed by atoms with Gasteiger partial charge in [0.05, 0.1) is 10.8 Å². The van der Waals surface area contributed by atoms with Crippen LogP contribution < -0.4 is 5.32 Å². The second kappa shape index (κ2) is 7.67. The zero-order valence-corrected chi connectivity index (χ0v) is 14.6. The number of carbonyl (C=O) groups is 1. The number of anilines is 1. The van der Waals surface area contributed by atoms with Gasteiger partial charge in [-0.1, -0.05) is 41.6 Å². The lowest BCUT2D eigenvalue weighted by Crippen LogP contribution is -2.22. The number of amides is 1. The molecule has 1 unspecified atom stereocenters. The van der Waals surface area contributed by atoms with E-state index in [1.165, 1.54) is 6.07 Å². The SMILES string of the molecule is CC(Sc1nnc(-c2ccccc2F)o1)C(=O)Nc1cccc(Cl)c1. The first kappa shape index (κ1) is 17.4. The van der Waals surface area contributed by atoms with Crippen molar-refractivity contribution in [3.05, 3.63) is 59.4 Å². The van der Waals surface area contributed by atoms with Gasteiger partial charge in [-0.05, 0) is 37.3 Å². The van der Waals surface area contributed by atoms with Crippen molar-refractivity contribution >= 4 is 35.0 Å². The molecule has 1 N–H and O–H groups in total. The minimum absolute atomic E-state index is 0.0723. The number of carbonyl (C=O) groups excluding carboxylic acids is 1. The maximum absolute atomic E-state index is 13.7. The fourth-order valence-electron chi connectivity index (χ4n) is 2.02. The van der Waals surface area contributed by atoms with Crippen LogP contribution in [0.2, 0.25) is 5.02 Å². The molecule has 0 saturated heterocycles. The quantitative estimate of drug-likeness (QED) is 0.655. The number of hydrogen-bond donors (Lipinski definition) is 1. The van der Waals surface area contributed by atoms with E-state index in [2.05, 4.69) is 15.5 Å². The highest BCUT2D eigenvalue weighted by Crippen LogP contribution is 2.28. The number of benzene rings is 2. The highest BCUT2D eigenvalue weighted by Gasteiger charge is 2.19. The average molecular weight is 378 g/mol. The molecule has 2 aromatic carbocycles. The summed E-state index contributed by atoms with van der Waals surface area (Å²) in [5.41, 5.74) is 0.820. The number of hydrogen-bond acceptors (Lipinski definition) is 5. The van der Waals surface area contributed by atoms with Crippen LogP contribution in [-0.4, -0.2) is 21.4 Å². The number of halogens is 2. The Hall–Kier alpha value is -2.38. The Labute approximate surface area is 152 Å². The predicted molar refractivity (Wildman–Crippen MR) is 95.1 cm³/mol. The third-order valence-electron chi connectivity index (χ3n) is 3.25. The third kappa shape index (κ3) is 4.37. The van der Waals surface area contributed by atoms with Crippen molar-refractivity contribution < 1.29 is 13.6 Å². The molecular weight excluding hydrogens is 365 g/mol. The Balaban J connectivity index is 1.66. The number of aromatic nitrogens is 2. The zero-order chi connectivity index (χ0) is 17.8. The molecule has 0 aliphatic carbocycles. The van der Waals surface area contributed by atoms with Crippen LogP contribution in [0.4, 0.5) is 10.1 Å². The van der Waals surface area contributed by atoms with Gasteiger partial charge in [0.1, 0.15) is 5.82 Å². The predicted octanol–water partition coefficient (Wildman–Crippen LogP) is 4.65. The molecule has 0 fully saturated rings. The second-order valence-electron chi connectivity index (χ2n) is 5.11. The Morgan fingerprint density at radius 3 is 2.80 bits per heavy atom. The Bertz CT molecular complexity index is 903. The van der Waals surface area contributed by atoms with Crippen molar-refractivity contribution in [1.29, 1.82) is 0 Å². The largest absolute Gasteiger partial charge is 0.411 e. The Kier molecular flexibility index (Phi) is 5.35. The average Bonchev–Trinajstić information content (AvgIpc) is 3.03. The molecule has 3 aromatic rings. The lowest BCUT2D eigenvalue weighted by molar-refractivity contribution is -0.115. The smallest absolute Gasteiger partial charge is 0.277 e. The summed E-state index contributed by atoms with van der Waals surface area (Å²) in [5.74, 6) is -0.615. The first-order valence-electron chi connectivity index (χ1n) is 7.34. The van der Waals surface area contributed by atoms with Gasteiger partial charge < -0.3 is 9.73 Å². The summed E-state index contributed by atoms with van der Waals surface area (Å²) in [6.45, 7) is 1.71. The molecule has 3 rings (SSSR count). The first-order chi connectivity index (χ1) is 12.0. The Morgan fingerprint density at radius 1 is 1.24 bits per heavy atom. The number of rotatable bonds is 5. The van der Waals surface area contributed by atoms with Gasteiger partial charge in [-0.25, -0.2) is 4.39 Å². The van der Waals surface area contributed by atoms with Crippen molar-refractivity contribution in [3.8, 4) is 11.5 Å². The molecule has 0 spiro atoms. The van der Waals surface area contributed by atoms with E-state index >= 15 is 0 Å². The lowest BCUT2D eigenvalue weighted by Gasteiger charge is -2.09. The standard InChI is InChI=1S/C17H13ClFN3O2S/c1-10(15(23)20-12-6-4-5-11(18)9-12)25-17-22-21-16(24-17)13-7-2-3-8-14(13)19/h2-10H,1H3,(H,20,23). The molecule has 0 aliphatic heterocycles. The molecule has 0 bridgehead atoms. The zero-order valence-electron chi connectivity index (χ0n) is 13.1. The summed E-state index contributed by atoms with van der Waals surface area (Å²) in [5, 5.41) is 10.7. The van der Waals surface area contributed by atoms with Crippen LogP contribution in [0.25, 0.3) is 11.5 Å². The van der Waals surface area contributed by atoms with Crippen molar-refractivity contribution in [2.75, 3.05) is 5.32 Å². The topological polar surface area (TPSA) is 68.0 Å². The molecule has 1 aromatic heterocycles. The van der Waals surface area contributed by atoms with Crippen molar-refractivity contribution in [2.24, 2.45) is 0 Å². The van der Waals surface area contributed by atoms with Crippen molar-refractivity contribution in [2.45, 2.75) is 17.4 Å². The fourth-order valence-corrected chi connectivity index (χ4v) is 2.89. The Morgan fingerprint density at radius 2 is 2.04 bits per heavy atom. The van der Waals surface area contributed by atoms with E-state index in [0.717, 1.165) is 11.8 Å². The minimum atomic E-state index is -0.493. The third-order valence-corrected chi connectivity index (χ3v) is 4.42. The van der Waals surface area contributed by atoms with E-state index < -0.39 is 11.1 Å². The molecule has 128 valence electrons. The summed E-state index contributed by atoms with van der Waals surface area (Å²) < 4.78 is 19.2. The van der Waals surface area contributed by atoms with Crippen LogP contribution in [0, 0.1) is 5.82 Å². The highest BCUT2D eigenvalue weighted by atomic mass is 35.5. The van der Waals surface area contributed by atoms with E-state index in [-0.39, 0.29) is 22.6 Å². The highest BCUT2D eigenvalue weighted by molar-refractivity contribution is 8.00. The molecule has 5 nitrogen and oxygen atoms in total. The van der Waals surface area contributed by atoms with Gasteiger partial charge in [0.2, 0.25) is 5.91 Å². The molecule has 25 heavy (non-hydrogen) atoms. The maximum atomic E-state index is 13.7. The van der Waals surface area contributed by atoms with E-state index in [0.29, 0.717) is 10.7 Å².